The maximum atomic E-state index is 5.99. The smallest absolute Gasteiger partial charge is 0.0931 e. The van der Waals surface area contributed by atoms with Gasteiger partial charge in [0.2, 0.25) is 0 Å². The van der Waals surface area contributed by atoms with Crippen molar-refractivity contribution in [3.8, 4) is 0 Å². The van der Waals surface area contributed by atoms with Gasteiger partial charge in [0.25, 0.3) is 0 Å². The Morgan fingerprint density at radius 3 is 2.68 bits per heavy atom. The molecule has 0 bridgehead atoms. The third-order valence-electron chi connectivity index (χ3n) is 3.10. The molecule has 0 aliphatic carbocycles. The second-order valence-corrected chi connectivity index (χ2v) is 6.36. The van der Waals surface area contributed by atoms with E-state index in [1.54, 1.807) is 11.3 Å². The first kappa shape index (κ1) is 14.5. The average Bonchev–Trinajstić information content (AvgIpc) is 2.83. The monoisotopic (exact) mass is 294 g/mol. The summed E-state index contributed by atoms with van der Waals surface area (Å²) in [6.07, 6.45) is 6.98. The van der Waals surface area contributed by atoms with Gasteiger partial charge in [0.1, 0.15) is 0 Å². The van der Waals surface area contributed by atoms with Crippen molar-refractivity contribution in [1.29, 1.82) is 0 Å². The van der Waals surface area contributed by atoms with Crippen LogP contribution in [0.3, 0.4) is 0 Å². The number of hydrogen-bond donors (Lipinski definition) is 1. The normalized spacial score (nSPS) is 12.5. The van der Waals surface area contributed by atoms with Crippen molar-refractivity contribution >= 4 is 22.9 Å². The fourth-order valence-electron chi connectivity index (χ4n) is 2.16. The van der Waals surface area contributed by atoms with Gasteiger partial charge in [-0.3, -0.25) is 4.98 Å². The van der Waals surface area contributed by atoms with Crippen LogP contribution in [-0.2, 0) is 12.8 Å². The maximum absolute atomic E-state index is 5.99. The van der Waals surface area contributed by atoms with E-state index in [0.29, 0.717) is 6.04 Å². The van der Waals surface area contributed by atoms with Crippen molar-refractivity contribution < 1.29 is 0 Å². The quantitative estimate of drug-likeness (QED) is 0.836. The van der Waals surface area contributed by atoms with Crippen LogP contribution in [0.5, 0.6) is 0 Å². The Morgan fingerprint density at radius 2 is 2.05 bits per heavy atom. The lowest BCUT2D eigenvalue weighted by molar-refractivity contribution is 0.493. The number of aromatic nitrogens is 1. The Morgan fingerprint density at radius 1 is 1.26 bits per heavy atom. The highest BCUT2D eigenvalue weighted by molar-refractivity contribution is 7.16. The lowest BCUT2D eigenvalue weighted by Crippen LogP contribution is -2.31. The third-order valence-corrected chi connectivity index (χ3v) is 4.35. The highest BCUT2D eigenvalue weighted by Gasteiger charge is 2.10. The average molecular weight is 295 g/mol. The molecule has 0 amide bonds. The number of hydrogen-bond acceptors (Lipinski definition) is 3. The molecule has 1 N–H and O–H groups in total. The zero-order valence-corrected chi connectivity index (χ0v) is 12.7. The Labute approximate surface area is 123 Å². The number of pyridine rings is 1. The predicted molar refractivity (Wildman–Crippen MR) is 83.1 cm³/mol. The largest absolute Gasteiger partial charge is 0.314 e. The van der Waals surface area contributed by atoms with Gasteiger partial charge in [-0.05, 0) is 55.6 Å². The van der Waals surface area contributed by atoms with Crippen molar-refractivity contribution in [3.05, 3.63) is 51.4 Å². The second kappa shape index (κ2) is 7.63. The molecule has 19 heavy (non-hydrogen) atoms. The summed E-state index contributed by atoms with van der Waals surface area (Å²) in [5, 5.41) is 3.56. The zero-order valence-electron chi connectivity index (χ0n) is 11.1. The second-order valence-electron chi connectivity index (χ2n) is 4.56. The van der Waals surface area contributed by atoms with Crippen molar-refractivity contribution in [2.75, 3.05) is 6.54 Å². The molecule has 2 rings (SSSR count). The van der Waals surface area contributed by atoms with E-state index < -0.39 is 0 Å². The summed E-state index contributed by atoms with van der Waals surface area (Å²) >= 11 is 7.66. The molecule has 1 unspecified atom stereocenters. The molecule has 2 nitrogen and oxygen atoms in total. The van der Waals surface area contributed by atoms with Gasteiger partial charge in [0.05, 0.1) is 4.34 Å². The third kappa shape index (κ3) is 4.94. The first-order valence-corrected chi connectivity index (χ1v) is 7.84. The van der Waals surface area contributed by atoms with Crippen molar-refractivity contribution in [1.82, 2.24) is 10.3 Å². The Hall–Kier alpha value is -0.900. The number of likely N-dealkylation sites (N-methyl/N-ethyl adjacent to an activating group) is 1. The highest BCUT2D eigenvalue weighted by atomic mass is 35.5. The number of halogens is 1. The first-order chi connectivity index (χ1) is 9.28. The number of thiophene rings is 1. The van der Waals surface area contributed by atoms with Gasteiger partial charge < -0.3 is 5.32 Å². The van der Waals surface area contributed by atoms with E-state index in [1.165, 1.54) is 10.4 Å². The molecule has 0 saturated heterocycles. The molecule has 0 aliphatic rings. The minimum absolute atomic E-state index is 0.507. The molecule has 0 fully saturated rings. The van der Waals surface area contributed by atoms with Crippen LogP contribution in [-0.4, -0.2) is 17.6 Å². The van der Waals surface area contributed by atoms with E-state index >= 15 is 0 Å². The molecule has 2 heterocycles. The van der Waals surface area contributed by atoms with Gasteiger partial charge in [0.15, 0.2) is 0 Å². The molecule has 4 heteroatoms. The van der Waals surface area contributed by atoms with E-state index in [1.807, 2.05) is 18.5 Å². The van der Waals surface area contributed by atoms with Crippen molar-refractivity contribution in [2.24, 2.45) is 0 Å². The summed E-state index contributed by atoms with van der Waals surface area (Å²) in [6, 6.07) is 8.79. The Bertz CT molecular complexity index is 484. The van der Waals surface area contributed by atoms with Crippen LogP contribution in [0.4, 0.5) is 0 Å². The number of aryl methyl sites for hydroxylation is 1. The molecule has 0 radical (unpaired) electrons. The van der Waals surface area contributed by atoms with Crippen molar-refractivity contribution in [2.45, 2.75) is 32.2 Å². The minimum atomic E-state index is 0.507. The van der Waals surface area contributed by atoms with Gasteiger partial charge in [-0.25, -0.2) is 0 Å². The first-order valence-electron chi connectivity index (χ1n) is 6.64. The summed E-state index contributed by atoms with van der Waals surface area (Å²) in [5.41, 5.74) is 1.35. The number of nitrogens with one attached hydrogen (secondary N) is 1. The lowest BCUT2D eigenvalue weighted by atomic mass is 10.0. The van der Waals surface area contributed by atoms with E-state index in [2.05, 4.69) is 35.4 Å². The summed E-state index contributed by atoms with van der Waals surface area (Å²) in [6.45, 7) is 3.15. The number of rotatable bonds is 7. The molecule has 102 valence electrons. The molecule has 0 spiro atoms. The maximum Gasteiger partial charge on any atom is 0.0931 e. The van der Waals surface area contributed by atoms with Crippen LogP contribution in [0.25, 0.3) is 0 Å². The van der Waals surface area contributed by atoms with Gasteiger partial charge in [-0.2, -0.15) is 0 Å². The molecule has 2 aromatic heterocycles. The van der Waals surface area contributed by atoms with E-state index in [4.69, 9.17) is 11.6 Å². The molecular weight excluding hydrogens is 276 g/mol. The predicted octanol–water partition coefficient (Wildman–Crippen LogP) is 3.95. The summed E-state index contributed by atoms with van der Waals surface area (Å²) in [7, 11) is 0. The Balaban J connectivity index is 1.89. The van der Waals surface area contributed by atoms with Crippen LogP contribution in [0.2, 0.25) is 4.34 Å². The summed E-state index contributed by atoms with van der Waals surface area (Å²) in [5.74, 6) is 0. The van der Waals surface area contributed by atoms with Gasteiger partial charge in [0, 0.05) is 23.3 Å². The SMILES string of the molecule is CCNC(CCc1ccncc1)Cc1ccc(Cl)s1. The zero-order chi connectivity index (χ0) is 13.5. The van der Waals surface area contributed by atoms with Gasteiger partial charge in [-0.1, -0.05) is 18.5 Å². The Kier molecular flexibility index (Phi) is 5.83. The minimum Gasteiger partial charge on any atom is -0.314 e. The van der Waals surface area contributed by atoms with Crippen LogP contribution < -0.4 is 5.32 Å². The van der Waals surface area contributed by atoms with Gasteiger partial charge in [-0.15, -0.1) is 11.3 Å². The standard InChI is InChI=1S/C15H19ClN2S/c1-2-18-13(11-14-5-6-15(16)19-14)4-3-12-7-9-17-10-8-12/h5-10,13,18H,2-4,11H2,1H3. The molecule has 2 aromatic rings. The summed E-state index contributed by atoms with van der Waals surface area (Å²) in [4.78, 5) is 5.40. The molecular formula is C15H19ClN2S. The van der Waals surface area contributed by atoms with Crippen LogP contribution in [0.1, 0.15) is 23.8 Å². The summed E-state index contributed by atoms with van der Waals surface area (Å²) < 4.78 is 0.874. The highest BCUT2D eigenvalue weighted by Crippen LogP contribution is 2.23. The van der Waals surface area contributed by atoms with Crippen LogP contribution in [0, 0.1) is 0 Å². The van der Waals surface area contributed by atoms with E-state index in [0.717, 1.165) is 30.1 Å². The van der Waals surface area contributed by atoms with Gasteiger partial charge >= 0.3 is 0 Å². The van der Waals surface area contributed by atoms with Crippen LogP contribution in [0.15, 0.2) is 36.7 Å². The fourth-order valence-corrected chi connectivity index (χ4v) is 3.33. The van der Waals surface area contributed by atoms with Crippen molar-refractivity contribution in [3.63, 3.8) is 0 Å². The van der Waals surface area contributed by atoms with Crippen LogP contribution >= 0.6 is 22.9 Å². The molecule has 0 aromatic carbocycles. The number of nitrogens with zero attached hydrogens (tertiary/aromatic N) is 1. The molecule has 0 aliphatic heterocycles. The lowest BCUT2D eigenvalue weighted by Gasteiger charge is -2.17. The van der Waals surface area contributed by atoms with E-state index in [-0.39, 0.29) is 0 Å². The molecule has 0 saturated carbocycles. The molecule has 1 atom stereocenters. The van der Waals surface area contributed by atoms with E-state index in [9.17, 15) is 0 Å². The fraction of sp³-hybridized carbons (Fsp3) is 0.400. The topological polar surface area (TPSA) is 24.9 Å².